The molecule has 0 aliphatic heterocycles. The van der Waals surface area contributed by atoms with Crippen LogP contribution in [-0.2, 0) is 4.74 Å². The van der Waals surface area contributed by atoms with Crippen molar-refractivity contribution in [2.24, 2.45) is 0 Å². The van der Waals surface area contributed by atoms with Crippen molar-refractivity contribution in [2.45, 2.75) is 45.3 Å². The molecule has 0 fully saturated rings. The van der Waals surface area contributed by atoms with E-state index in [9.17, 15) is 23.1 Å². The number of furan rings is 1. The van der Waals surface area contributed by atoms with Crippen molar-refractivity contribution >= 4 is 17.0 Å². The van der Waals surface area contributed by atoms with Gasteiger partial charge < -0.3 is 14.3 Å². The van der Waals surface area contributed by atoms with E-state index in [2.05, 4.69) is 0 Å². The number of aliphatic hydroxyl groups is 1. The van der Waals surface area contributed by atoms with E-state index in [0.717, 1.165) is 4.57 Å². The monoisotopic (exact) mass is 395 g/mol. The van der Waals surface area contributed by atoms with Crippen molar-refractivity contribution < 1.29 is 32.2 Å². The van der Waals surface area contributed by atoms with E-state index in [0.29, 0.717) is 23.4 Å². The SMILES string of the molecule is CC(C)(C)OC(=O)n1cc(-c2coc(C(O)C(C)(F)F)c2)c2ccc(F)cc21. The molecule has 8 heteroatoms. The van der Waals surface area contributed by atoms with Crippen LogP contribution < -0.4 is 0 Å². The zero-order valence-corrected chi connectivity index (χ0v) is 15.8. The Kier molecular flexibility index (Phi) is 4.79. The summed E-state index contributed by atoms with van der Waals surface area (Å²) < 4.78 is 52.1. The number of carbonyl (C=O) groups excluding carboxylic acids is 1. The minimum Gasteiger partial charge on any atom is -0.466 e. The lowest BCUT2D eigenvalue weighted by molar-refractivity contribution is -0.104. The minimum absolute atomic E-state index is 0.258. The molecule has 1 aromatic carbocycles. The molecule has 28 heavy (non-hydrogen) atoms. The van der Waals surface area contributed by atoms with Crippen LogP contribution >= 0.6 is 0 Å². The molecule has 3 aromatic rings. The number of hydrogen-bond acceptors (Lipinski definition) is 4. The van der Waals surface area contributed by atoms with Gasteiger partial charge in [0.05, 0.1) is 11.8 Å². The zero-order valence-electron chi connectivity index (χ0n) is 15.8. The lowest BCUT2D eigenvalue weighted by Crippen LogP contribution is -2.26. The van der Waals surface area contributed by atoms with E-state index in [1.807, 2.05) is 0 Å². The van der Waals surface area contributed by atoms with Gasteiger partial charge in [-0.2, -0.15) is 0 Å². The molecule has 2 aromatic heterocycles. The highest BCUT2D eigenvalue weighted by atomic mass is 19.3. The number of carbonyl (C=O) groups is 1. The van der Waals surface area contributed by atoms with Gasteiger partial charge in [-0.3, -0.25) is 4.57 Å². The van der Waals surface area contributed by atoms with Gasteiger partial charge in [0, 0.05) is 29.6 Å². The molecule has 0 saturated heterocycles. The van der Waals surface area contributed by atoms with E-state index >= 15 is 0 Å². The molecule has 0 saturated carbocycles. The van der Waals surface area contributed by atoms with Crippen molar-refractivity contribution in [3.8, 4) is 11.1 Å². The number of alkyl halides is 2. The van der Waals surface area contributed by atoms with Crippen LogP contribution in [0.1, 0.15) is 39.6 Å². The quantitative estimate of drug-likeness (QED) is 0.635. The number of ether oxygens (including phenoxy) is 1. The van der Waals surface area contributed by atoms with Crippen LogP contribution in [0.5, 0.6) is 0 Å². The number of aromatic nitrogens is 1. The summed E-state index contributed by atoms with van der Waals surface area (Å²) in [5.41, 5.74) is 0.300. The molecule has 0 aliphatic rings. The Bertz CT molecular complexity index is 1020. The number of nitrogens with zero attached hydrogens (tertiary/aromatic N) is 1. The maximum absolute atomic E-state index is 13.8. The number of rotatable bonds is 3. The normalized spacial score (nSPS) is 13.7. The van der Waals surface area contributed by atoms with Crippen LogP contribution in [0, 0.1) is 5.82 Å². The van der Waals surface area contributed by atoms with Crippen molar-refractivity contribution in [3.05, 3.63) is 48.3 Å². The summed E-state index contributed by atoms with van der Waals surface area (Å²) in [5.74, 6) is -4.25. The number of benzene rings is 1. The van der Waals surface area contributed by atoms with Gasteiger partial charge in [-0.25, -0.2) is 18.0 Å². The smallest absolute Gasteiger partial charge is 0.419 e. The van der Waals surface area contributed by atoms with Gasteiger partial charge in [0.25, 0.3) is 5.92 Å². The molecule has 0 bridgehead atoms. The molecule has 0 amide bonds. The zero-order chi connectivity index (χ0) is 20.9. The standard InChI is InChI=1S/C20H20F3NO4/c1-19(2,3)28-18(26)24-9-14(13-6-5-12(21)8-15(13)24)11-7-16(27-10-11)17(25)20(4,22)23/h5-10,17,25H,1-4H3. The van der Waals surface area contributed by atoms with E-state index in [1.165, 1.54) is 36.7 Å². The van der Waals surface area contributed by atoms with Gasteiger partial charge >= 0.3 is 6.09 Å². The third-order valence-corrected chi connectivity index (χ3v) is 4.04. The van der Waals surface area contributed by atoms with Gasteiger partial charge in [-0.05, 0) is 45.0 Å². The summed E-state index contributed by atoms with van der Waals surface area (Å²) in [6.07, 6.45) is -0.207. The Morgan fingerprint density at radius 3 is 2.50 bits per heavy atom. The maximum atomic E-state index is 13.8. The third-order valence-electron chi connectivity index (χ3n) is 4.04. The molecule has 0 aliphatic carbocycles. The molecule has 1 N–H and O–H groups in total. The highest BCUT2D eigenvalue weighted by Crippen LogP contribution is 2.37. The first-order valence-electron chi connectivity index (χ1n) is 8.55. The number of aliphatic hydroxyl groups excluding tert-OH is 1. The molecule has 150 valence electrons. The van der Waals surface area contributed by atoms with Crippen molar-refractivity contribution in [1.29, 1.82) is 0 Å². The summed E-state index contributed by atoms with van der Waals surface area (Å²) in [6.45, 7) is 5.68. The average molecular weight is 395 g/mol. The third kappa shape index (κ3) is 3.91. The predicted molar refractivity (Wildman–Crippen MR) is 96.8 cm³/mol. The lowest BCUT2D eigenvalue weighted by Gasteiger charge is -2.19. The average Bonchev–Trinajstić information content (AvgIpc) is 3.15. The van der Waals surface area contributed by atoms with Crippen molar-refractivity contribution in [3.63, 3.8) is 0 Å². The van der Waals surface area contributed by atoms with Crippen LogP contribution in [0.4, 0.5) is 18.0 Å². The van der Waals surface area contributed by atoms with Crippen LogP contribution in [0.25, 0.3) is 22.0 Å². The molecule has 1 atom stereocenters. The van der Waals surface area contributed by atoms with Crippen molar-refractivity contribution in [2.75, 3.05) is 0 Å². The number of hydrogen-bond donors (Lipinski definition) is 1. The minimum atomic E-state index is -3.39. The Hall–Kier alpha value is -2.74. The first-order chi connectivity index (χ1) is 12.9. The predicted octanol–water partition coefficient (Wildman–Crippen LogP) is 5.51. The molecule has 5 nitrogen and oxygen atoms in total. The molecule has 2 heterocycles. The lowest BCUT2D eigenvalue weighted by atomic mass is 10.1. The summed E-state index contributed by atoms with van der Waals surface area (Å²) in [7, 11) is 0. The maximum Gasteiger partial charge on any atom is 0.419 e. The molecular formula is C20H20F3NO4. The van der Waals surface area contributed by atoms with Gasteiger partial charge in [-0.1, -0.05) is 0 Å². The Labute approximate surface area is 159 Å². The molecule has 1 unspecified atom stereocenters. The first kappa shape index (κ1) is 20.0. The fourth-order valence-corrected chi connectivity index (χ4v) is 2.78. The van der Waals surface area contributed by atoms with Gasteiger partial charge in [0.1, 0.15) is 17.2 Å². The highest BCUT2D eigenvalue weighted by Gasteiger charge is 2.36. The van der Waals surface area contributed by atoms with Crippen LogP contribution in [0.3, 0.4) is 0 Å². The molecular weight excluding hydrogens is 375 g/mol. The summed E-state index contributed by atoms with van der Waals surface area (Å²) in [4.78, 5) is 12.5. The van der Waals surface area contributed by atoms with Gasteiger partial charge in [0.2, 0.25) is 0 Å². The second kappa shape index (κ2) is 6.70. The Morgan fingerprint density at radius 1 is 1.21 bits per heavy atom. The Morgan fingerprint density at radius 2 is 1.89 bits per heavy atom. The van der Waals surface area contributed by atoms with E-state index in [4.69, 9.17) is 9.15 Å². The summed E-state index contributed by atoms with van der Waals surface area (Å²) in [5, 5.41) is 10.2. The second-order valence-electron chi connectivity index (χ2n) is 7.65. The van der Waals surface area contributed by atoms with Crippen LogP contribution in [-0.4, -0.2) is 27.3 Å². The number of halogens is 3. The van der Waals surface area contributed by atoms with E-state index in [1.54, 1.807) is 20.8 Å². The van der Waals surface area contributed by atoms with E-state index in [-0.39, 0.29) is 11.3 Å². The Balaban J connectivity index is 2.10. The van der Waals surface area contributed by atoms with Gasteiger partial charge in [-0.15, -0.1) is 0 Å². The molecule has 0 spiro atoms. The topological polar surface area (TPSA) is 64.6 Å². The summed E-state index contributed by atoms with van der Waals surface area (Å²) in [6, 6.07) is 5.14. The summed E-state index contributed by atoms with van der Waals surface area (Å²) >= 11 is 0. The largest absolute Gasteiger partial charge is 0.466 e. The van der Waals surface area contributed by atoms with Crippen molar-refractivity contribution in [1.82, 2.24) is 4.57 Å². The first-order valence-corrected chi connectivity index (χ1v) is 8.55. The highest BCUT2D eigenvalue weighted by molar-refractivity contribution is 6.00. The number of fused-ring (bicyclic) bond motifs is 1. The molecule has 0 radical (unpaired) electrons. The van der Waals surface area contributed by atoms with Crippen LogP contribution in [0.2, 0.25) is 0 Å². The van der Waals surface area contributed by atoms with E-state index < -0.39 is 29.5 Å². The fourth-order valence-electron chi connectivity index (χ4n) is 2.78. The molecule has 3 rings (SSSR count). The van der Waals surface area contributed by atoms with Gasteiger partial charge in [0.15, 0.2) is 6.10 Å². The fraction of sp³-hybridized carbons (Fsp3) is 0.350. The van der Waals surface area contributed by atoms with Crippen LogP contribution in [0.15, 0.2) is 41.1 Å². The second-order valence-corrected chi connectivity index (χ2v) is 7.65.